The summed E-state index contributed by atoms with van der Waals surface area (Å²) in [5.74, 6) is 0.683. The van der Waals surface area contributed by atoms with E-state index in [1.54, 1.807) is 23.9 Å². The van der Waals surface area contributed by atoms with E-state index in [4.69, 9.17) is 16.9 Å². The van der Waals surface area contributed by atoms with E-state index in [1.807, 2.05) is 6.07 Å². The summed E-state index contributed by atoms with van der Waals surface area (Å²) in [6.07, 6.45) is 2.07. The van der Waals surface area contributed by atoms with Crippen LogP contribution in [0.1, 0.15) is 19.5 Å². The highest BCUT2D eigenvalue weighted by molar-refractivity contribution is 7.99. The number of aromatic nitrogens is 1. The molecule has 5 heteroatoms. The number of rotatable bonds is 4. The number of nitrogens with one attached hydrogen (secondary N) is 1. The third-order valence-electron chi connectivity index (χ3n) is 2.20. The summed E-state index contributed by atoms with van der Waals surface area (Å²) in [6.45, 7) is 5.07. The minimum absolute atomic E-state index is 0.133. The van der Waals surface area contributed by atoms with E-state index < -0.39 is 0 Å². The standard InChI is InChI=1S/C11H14ClN3S/c1-11(2,16-3)7-14-10-5-4-8(12)9(6-13)15-10/h4-5H,7H2,1-3H3,(H,14,15). The van der Waals surface area contributed by atoms with E-state index >= 15 is 0 Å². The molecule has 0 radical (unpaired) electrons. The van der Waals surface area contributed by atoms with Gasteiger partial charge in [0.15, 0.2) is 5.69 Å². The van der Waals surface area contributed by atoms with Gasteiger partial charge in [-0.1, -0.05) is 11.6 Å². The van der Waals surface area contributed by atoms with Gasteiger partial charge >= 0.3 is 0 Å². The average Bonchev–Trinajstić information content (AvgIpc) is 2.28. The highest BCUT2D eigenvalue weighted by Gasteiger charge is 2.15. The molecule has 1 heterocycles. The maximum atomic E-state index is 8.79. The Morgan fingerprint density at radius 3 is 2.81 bits per heavy atom. The van der Waals surface area contributed by atoms with Gasteiger partial charge in [0.05, 0.1) is 5.02 Å². The van der Waals surface area contributed by atoms with Crippen LogP contribution in [0.2, 0.25) is 5.02 Å². The molecule has 3 nitrogen and oxygen atoms in total. The number of nitrogens with zero attached hydrogens (tertiary/aromatic N) is 2. The van der Waals surface area contributed by atoms with Crippen molar-refractivity contribution >= 4 is 29.2 Å². The molecular weight excluding hydrogens is 242 g/mol. The summed E-state index contributed by atoms with van der Waals surface area (Å²) in [7, 11) is 0. The molecule has 0 spiro atoms. The van der Waals surface area contributed by atoms with Crippen LogP contribution < -0.4 is 5.32 Å². The van der Waals surface area contributed by atoms with Crippen LogP contribution in [0, 0.1) is 11.3 Å². The summed E-state index contributed by atoms with van der Waals surface area (Å²) in [5, 5.41) is 12.4. The lowest BCUT2D eigenvalue weighted by Crippen LogP contribution is -2.26. The van der Waals surface area contributed by atoms with Crippen LogP contribution in [0.15, 0.2) is 12.1 Å². The number of thioether (sulfide) groups is 1. The molecule has 1 aromatic rings. The van der Waals surface area contributed by atoms with Gasteiger partial charge in [0.2, 0.25) is 0 Å². The monoisotopic (exact) mass is 255 g/mol. The minimum Gasteiger partial charge on any atom is -0.369 e. The quantitative estimate of drug-likeness (QED) is 0.898. The Kier molecular flexibility index (Phi) is 4.45. The summed E-state index contributed by atoms with van der Waals surface area (Å²) >= 11 is 7.57. The molecule has 0 bridgehead atoms. The van der Waals surface area contributed by atoms with Gasteiger partial charge in [-0.3, -0.25) is 0 Å². The maximum absolute atomic E-state index is 8.79. The van der Waals surface area contributed by atoms with Gasteiger partial charge in [-0.15, -0.1) is 0 Å². The van der Waals surface area contributed by atoms with Crippen molar-refractivity contribution in [3.63, 3.8) is 0 Å². The number of nitriles is 1. The van der Waals surface area contributed by atoms with E-state index in [9.17, 15) is 0 Å². The zero-order chi connectivity index (χ0) is 12.2. The van der Waals surface area contributed by atoms with E-state index in [2.05, 4.69) is 30.4 Å². The second kappa shape index (κ2) is 5.42. The highest BCUT2D eigenvalue weighted by atomic mass is 35.5. The van der Waals surface area contributed by atoms with Gasteiger partial charge in [-0.25, -0.2) is 4.98 Å². The van der Waals surface area contributed by atoms with Crippen molar-refractivity contribution in [3.8, 4) is 6.07 Å². The summed E-state index contributed by atoms with van der Waals surface area (Å²) in [4.78, 5) is 4.11. The molecule has 16 heavy (non-hydrogen) atoms. The van der Waals surface area contributed by atoms with Crippen LogP contribution in [0.25, 0.3) is 0 Å². The molecule has 1 aromatic heterocycles. The van der Waals surface area contributed by atoms with E-state index in [0.29, 0.717) is 10.8 Å². The first-order valence-corrected chi connectivity index (χ1v) is 6.44. The molecule has 0 aliphatic heterocycles. The molecule has 1 rings (SSSR count). The fourth-order valence-electron chi connectivity index (χ4n) is 0.995. The van der Waals surface area contributed by atoms with Crippen molar-refractivity contribution < 1.29 is 0 Å². The van der Waals surface area contributed by atoms with Crippen LogP contribution >= 0.6 is 23.4 Å². The van der Waals surface area contributed by atoms with Crippen molar-refractivity contribution in [3.05, 3.63) is 22.8 Å². The second-order valence-electron chi connectivity index (χ2n) is 3.96. The summed E-state index contributed by atoms with van der Waals surface area (Å²) in [5.41, 5.74) is 0.258. The number of hydrogen-bond acceptors (Lipinski definition) is 4. The Bertz CT molecular complexity index is 412. The number of anilines is 1. The van der Waals surface area contributed by atoms with Crippen LogP contribution in [0.5, 0.6) is 0 Å². The first-order chi connectivity index (χ1) is 7.48. The van der Waals surface area contributed by atoms with Gasteiger partial charge in [-0.2, -0.15) is 17.0 Å². The molecule has 86 valence electrons. The predicted octanol–water partition coefficient (Wildman–Crippen LogP) is 3.16. The molecule has 0 aliphatic rings. The minimum atomic E-state index is 0.133. The normalized spacial score (nSPS) is 10.9. The smallest absolute Gasteiger partial charge is 0.161 e. The number of halogens is 1. The van der Waals surface area contributed by atoms with Crippen LogP contribution in [-0.4, -0.2) is 22.5 Å². The van der Waals surface area contributed by atoms with Gasteiger partial charge in [0.1, 0.15) is 11.9 Å². The third kappa shape index (κ3) is 3.58. The highest BCUT2D eigenvalue weighted by Crippen LogP contribution is 2.22. The first-order valence-electron chi connectivity index (χ1n) is 4.84. The fourth-order valence-corrected chi connectivity index (χ4v) is 1.36. The topological polar surface area (TPSA) is 48.7 Å². The average molecular weight is 256 g/mol. The Balaban J connectivity index is 2.73. The molecule has 0 saturated heterocycles. The number of hydrogen-bond donors (Lipinski definition) is 1. The fraction of sp³-hybridized carbons (Fsp3) is 0.455. The van der Waals surface area contributed by atoms with Crippen molar-refractivity contribution in [1.82, 2.24) is 4.98 Å². The summed E-state index contributed by atoms with van der Waals surface area (Å²) < 4.78 is 0.133. The lowest BCUT2D eigenvalue weighted by atomic mass is 10.2. The lowest BCUT2D eigenvalue weighted by molar-refractivity contribution is 0.750. The summed E-state index contributed by atoms with van der Waals surface area (Å²) in [6, 6.07) is 5.42. The molecule has 0 unspecified atom stereocenters. The Morgan fingerprint density at radius 1 is 1.56 bits per heavy atom. The van der Waals surface area contributed by atoms with Crippen LogP contribution in [0.4, 0.5) is 5.82 Å². The zero-order valence-corrected chi connectivity index (χ0v) is 11.1. The van der Waals surface area contributed by atoms with E-state index in [1.165, 1.54) is 0 Å². The zero-order valence-electron chi connectivity index (χ0n) is 9.54. The molecule has 0 fully saturated rings. The van der Waals surface area contributed by atoms with Gasteiger partial charge in [-0.05, 0) is 32.2 Å². The van der Waals surface area contributed by atoms with Crippen LogP contribution in [-0.2, 0) is 0 Å². The predicted molar refractivity (Wildman–Crippen MR) is 70.0 cm³/mol. The number of pyridine rings is 1. The third-order valence-corrected chi connectivity index (χ3v) is 3.75. The Hall–Kier alpha value is -0.920. The first kappa shape index (κ1) is 13.1. The van der Waals surface area contributed by atoms with Gasteiger partial charge in [0.25, 0.3) is 0 Å². The lowest BCUT2D eigenvalue weighted by Gasteiger charge is -2.22. The molecular formula is C11H14ClN3S. The van der Waals surface area contributed by atoms with Gasteiger partial charge < -0.3 is 5.32 Å². The molecule has 0 atom stereocenters. The van der Waals surface area contributed by atoms with Gasteiger partial charge in [0, 0.05) is 11.3 Å². The maximum Gasteiger partial charge on any atom is 0.161 e. The Morgan fingerprint density at radius 2 is 2.25 bits per heavy atom. The van der Waals surface area contributed by atoms with Crippen molar-refractivity contribution in [1.29, 1.82) is 5.26 Å². The van der Waals surface area contributed by atoms with E-state index in [-0.39, 0.29) is 10.4 Å². The molecule has 0 aromatic carbocycles. The van der Waals surface area contributed by atoms with Crippen molar-refractivity contribution in [2.24, 2.45) is 0 Å². The Labute approximate surface area is 105 Å². The van der Waals surface area contributed by atoms with E-state index in [0.717, 1.165) is 6.54 Å². The van der Waals surface area contributed by atoms with Crippen LogP contribution in [0.3, 0.4) is 0 Å². The molecule has 0 aliphatic carbocycles. The molecule has 1 N–H and O–H groups in total. The van der Waals surface area contributed by atoms with Crippen molar-refractivity contribution in [2.45, 2.75) is 18.6 Å². The molecule has 0 amide bonds. The van der Waals surface area contributed by atoms with Crippen molar-refractivity contribution in [2.75, 3.05) is 18.1 Å². The second-order valence-corrected chi connectivity index (χ2v) is 5.88. The SMILES string of the molecule is CSC(C)(C)CNc1ccc(Cl)c(C#N)n1. The molecule has 0 saturated carbocycles. The largest absolute Gasteiger partial charge is 0.369 e.